The summed E-state index contributed by atoms with van der Waals surface area (Å²) in [6, 6.07) is 10.6. The van der Waals surface area contributed by atoms with Crippen LogP contribution in [0.2, 0.25) is 0 Å². The third-order valence-electron chi connectivity index (χ3n) is 7.21. The summed E-state index contributed by atoms with van der Waals surface area (Å²) in [7, 11) is 3.82. The summed E-state index contributed by atoms with van der Waals surface area (Å²) in [5.74, 6) is -2.93. The molecule has 0 heterocycles. The fraction of sp³-hybridized carbons (Fsp3) is 0.625. The smallest absolute Gasteiger partial charge is 0.414 e. The van der Waals surface area contributed by atoms with E-state index in [-0.39, 0.29) is 17.6 Å². The van der Waals surface area contributed by atoms with Crippen molar-refractivity contribution in [2.75, 3.05) is 20.6 Å². The SMILES string of the molecule is CNCCC(NC)ON=C[C@H]1CC[C@]2(O)C[C@@H](c3ccccc3)CC[C@]12C.O=C(O)C(=O)O. The Bertz CT molecular complexity index is 793. The van der Waals surface area contributed by atoms with E-state index in [1.165, 1.54) is 5.56 Å². The van der Waals surface area contributed by atoms with Crippen molar-refractivity contribution < 1.29 is 29.7 Å². The molecular formula is C24H37N3O6. The average Bonchev–Trinajstić information content (AvgIpc) is 3.07. The number of oxime groups is 1. The second-order valence-corrected chi connectivity index (χ2v) is 9.08. The van der Waals surface area contributed by atoms with E-state index in [1.807, 2.05) is 20.3 Å². The molecule has 1 aromatic carbocycles. The molecule has 0 radical (unpaired) electrons. The Balaban J connectivity index is 0.000000569. The van der Waals surface area contributed by atoms with Crippen LogP contribution < -0.4 is 10.6 Å². The van der Waals surface area contributed by atoms with Crippen LogP contribution >= 0.6 is 0 Å². The first-order valence-electron chi connectivity index (χ1n) is 11.4. The minimum atomic E-state index is -1.82. The molecule has 1 aromatic rings. The lowest BCUT2D eigenvalue weighted by atomic mass is 9.59. The van der Waals surface area contributed by atoms with Crippen molar-refractivity contribution in [3.63, 3.8) is 0 Å². The highest BCUT2D eigenvalue weighted by atomic mass is 16.6. The number of nitrogens with one attached hydrogen (secondary N) is 2. The van der Waals surface area contributed by atoms with Gasteiger partial charge in [0, 0.05) is 24.0 Å². The molecule has 9 nitrogen and oxygen atoms in total. The maximum Gasteiger partial charge on any atom is 0.414 e. The molecule has 5 atom stereocenters. The summed E-state index contributed by atoms with van der Waals surface area (Å²) in [5, 5.41) is 36.9. The lowest BCUT2D eigenvalue weighted by Crippen LogP contribution is -2.49. The summed E-state index contributed by atoms with van der Waals surface area (Å²) >= 11 is 0. The Morgan fingerprint density at radius 2 is 1.85 bits per heavy atom. The van der Waals surface area contributed by atoms with Crippen LogP contribution in [0.1, 0.15) is 56.9 Å². The Hall–Kier alpha value is -2.49. The summed E-state index contributed by atoms with van der Waals surface area (Å²) in [4.78, 5) is 23.8. The van der Waals surface area contributed by atoms with Crippen molar-refractivity contribution in [3.05, 3.63) is 35.9 Å². The van der Waals surface area contributed by atoms with E-state index in [4.69, 9.17) is 24.6 Å². The Labute approximate surface area is 195 Å². The van der Waals surface area contributed by atoms with Gasteiger partial charge < -0.3 is 25.5 Å². The minimum Gasteiger partial charge on any atom is -0.473 e. The number of nitrogens with zero attached hydrogens (tertiary/aromatic N) is 1. The quantitative estimate of drug-likeness (QED) is 0.171. The van der Waals surface area contributed by atoms with Gasteiger partial charge in [-0.05, 0) is 64.2 Å². The van der Waals surface area contributed by atoms with Gasteiger partial charge in [-0.15, -0.1) is 0 Å². The molecule has 0 aliphatic heterocycles. The van der Waals surface area contributed by atoms with Gasteiger partial charge in [-0.3, -0.25) is 5.32 Å². The number of aliphatic hydroxyl groups is 1. The highest BCUT2D eigenvalue weighted by molar-refractivity contribution is 6.27. The van der Waals surface area contributed by atoms with Gasteiger partial charge in [-0.1, -0.05) is 42.4 Å². The molecule has 2 aliphatic rings. The average molecular weight is 464 g/mol. The van der Waals surface area contributed by atoms with E-state index < -0.39 is 17.5 Å². The van der Waals surface area contributed by atoms with E-state index in [0.717, 1.165) is 45.1 Å². The van der Waals surface area contributed by atoms with Crippen LogP contribution in [0.25, 0.3) is 0 Å². The monoisotopic (exact) mass is 463 g/mol. The molecule has 0 bridgehead atoms. The maximum absolute atomic E-state index is 11.5. The van der Waals surface area contributed by atoms with Gasteiger partial charge in [-0.25, -0.2) is 9.59 Å². The molecular weight excluding hydrogens is 426 g/mol. The van der Waals surface area contributed by atoms with E-state index in [1.54, 1.807) is 0 Å². The molecule has 9 heteroatoms. The molecule has 2 saturated carbocycles. The number of hydrogen-bond acceptors (Lipinski definition) is 7. The number of carbonyl (C=O) groups is 2. The zero-order chi connectivity index (χ0) is 24.5. The van der Waals surface area contributed by atoms with E-state index in [0.29, 0.717) is 5.92 Å². The van der Waals surface area contributed by atoms with Crippen LogP contribution in [0.4, 0.5) is 0 Å². The number of rotatable bonds is 8. The van der Waals surface area contributed by atoms with Crippen LogP contribution in [-0.4, -0.2) is 65.9 Å². The zero-order valence-electron chi connectivity index (χ0n) is 19.7. The van der Waals surface area contributed by atoms with Crippen molar-refractivity contribution in [2.45, 2.75) is 63.2 Å². The Morgan fingerprint density at radius 1 is 1.18 bits per heavy atom. The molecule has 1 unspecified atom stereocenters. The normalized spacial score (nSPS) is 29.6. The fourth-order valence-electron chi connectivity index (χ4n) is 5.04. The summed E-state index contributed by atoms with van der Waals surface area (Å²) in [6.45, 7) is 3.12. The van der Waals surface area contributed by atoms with Crippen LogP contribution in [0.5, 0.6) is 0 Å². The first-order chi connectivity index (χ1) is 15.7. The first-order valence-corrected chi connectivity index (χ1v) is 11.4. The largest absolute Gasteiger partial charge is 0.473 e. The van der Waals surface area contributed by atoms with Gasteiger partial charge in [-0.2, -0.15) is 0 Å². The highest BCUT2D eigenvalue weighted by Crippen LogP contribution is 2.60. The van der Waals surface area contributed by atoms with Gasteiger partial charge in [0.25, 0.3) is 0 Å². The summed E-state index contributed by atoms with van der Waals surface area (Å²) < 4.78 is 0. The Morgan fingerprint density at radius 3 is 2.42 bits per heavy atom. The number of carboxylic acids is 2. The first kappa shape index (κ1) is 26.8. The van der Waals surface area contributed by atoms with Crippen LogP contribution in [0.15, 0.2) is 35.5 Å². The maximum atomic E-state index is 11.5. The van der Waals surface area contributed by atoms with Crippen LogP contribution in [0.3, 0.4) is 0 Å². The van der Waals surface area contributed by atoms with Crippen LogP contribution in [0, 0.1) is 11.3 Å². The van der Waals surface area contributed by atoms with Crippen molar-refractivity contribution in [1.29, 1.82) is 0 Å². The standard InChI is InChI=1S/C22H35N3O2.C2H2O4/c1-21-12-9-18(17-7-5-4-6-8-17)15-22(21,26)13-10-19(21)16-25-27-20(24-3)11-14-23-2;3-1(4)2(5)6/h4-8,16,18-20,23-24,26H,9-15H2,1-3H3;(H,3,4)(H,5,6)/t18-,19+,20?,21+,22-;/m0./s1. The van der Waals surface area contributed by atoms with Crippen LogP contribution in [-0.2, 0) is 14.4 Å². The Kier molecular flexibility index (Phi) is 9.82. The molecule has 184 valence electrons. The molecule has 2 fully saturated rings. The van der Waals surface area contributed by atoms with Gasteiger partial charge in [0.1, 0.15) is 0 Å². The third-order valence-corrected chi connectivity index (χ3v) is 7.21. The van der Waals surface area contributed by atoms with E-state index in [2.05, 4.69) is 53.0 Å². The lowest BCUT2D eigenvalue weighted by molar-refractivity contribution is -0.159. The van der Waals surface area contributed by atoms with Crippen molar-refractivity contribution in [1.82, 2.24) is 10.6 Å². The molecule has 2 aliphatic carbocycles. The second-order valence-electron chi connectivity index (χ2n) is 9.08. The molecule has 0 amide bonds. The highest BCUT2D eigenvalue weighted by Gasteiger charge is 2.58. The van der Waals surface area contributed by atoms with E-state index in [9.17, 15) is 5.11 Å². The predicted molar refractivity (Wildman–Crippen MR) is 125 cm³/mol. The molecule has 0 saturated heterocycles. The van der Waals surface area contributed by atoms with Crippen molar-refractivity contribution in [3.8, 4) is 0 Å². The van der Waals surface area contributed by atoms with Crippen molar-refractivity contribution in [2.24, 2.45) is 16.5 Å². The third kappa shape index (κ3) is 6.75. The van der Waals surface area contributed by atoms with Gasteiger partial charge in [0.15, 0.2) is 6.23 Å². The number of fused-ring (bicyclic) bond motifs is 1. The van der Waals surface area contributed by atoms with Gasteiger partial charge in [0.2, 0.25) is 0 Å². The van der Waals surface area contributed by atoms with Gasteiger partial charge in [0.05, 0.1) is 5.60 Å². The number of hydrogen-bond donors (Lipinski definition) is 5. The fourth-order valence-corrected chi connectivity index (χ4v) is 5.04. The molecule has 3 rings (SSSR count). The molecule has 5 N–H and O–H groups in total. The lowest BCUT2D eigenvalue weighted by Gasteiger charge is -2.48. The van der Waals surface area contributed by atoms with Gasteiger partial charge >= 0.3 is 11.9 Å². The molecule has 0 aromatic heterocycles. The van der Waals surface area contributed by atoms with E-state index >= 15 is 0 Å². The number of carboxylic acid groups (broad SMARTS) is 2. The summed E-state index contributed by atoms with van der Waals surface area (Å²) in [6.07, 6.45) is 7.53. The number of aliphatic carboxylic acids is 2. The zero-order valence-corrected chi connectivity index (χ0v) is 19.7. The molecule has 33 heavy (non-hydrogen) atoms. The topological polar surface area (TPSA) is 140 Å². The molecule has 0 spiro atoms. The van der Waals surface area contributed by atoms with Crippen molar-refractivity contribution >= 4 is 18.2 Å². The second kappa shape index (κ2) is 12.1. The number of benzene rings is 1. The summed E-state index contributed by atoms with van der Waals surface area (Å²) in [5.41, 5.74) is 0.622. The minimum absolute atomic E-state index is 0.0874. The predicted octanol–water partition coefficient (Wildman–Crippen LogP) is 2.41.